The van der Waals surface area contributed by atoms with E-state index < -0.39 is 37.5 Å². The van der Waals surface area contributed by atoms with E-state index in [-0.39, 0.29) is 28.7 Å². The number of carbonyl (C=O) groups excluding carboxylic acids is 2. The van der Waals surface area contributed by atoms with E-state index in [0.717, 1.165) is 18.2 Å². The first-order valence-electron chi connectivity index (χ1n) is 11.5. The van der Waals surface area contributed by atoms with Gasteiger partial charge in [-0.15, -0.1) is 13.2 Å². The molecule has 0 atom stereocenters. The molecule has 2 N–H and O–H groups in total. The van der Waals surface area contributed by atoms with E-state index in [0.29, 0.717) is 22.6 Å². The summed E-state index contributed by atoms with van der Waals surface area (Å²) in [5, 5.41) is 9.43. The Morgan fingerprint density at radius 2 is 1.95 bits per heavy atom. The summed E-state index contributed by atoms with van der Waals surface area (Å²) >= 11 is 0. The van der Waals surface area contributed by atoms with Crippen molar-refractivity contribution in [2.75, 3.05) is 12.4 Å². The molecule has 198 valence electrons. The number of aryl methyl sites for hydroxylation is 1. The van der Waals surface area contributed by atoms with Crippen molar-refractivity contribution in [3.05, 3.63) is 65.2 Å². The molecular formula is C24H20F4N6O4. The van der Waals surface area contributed by atoms with Crippen LogP contribution in [-0.4, -0.2) is 44.8 Å². The highest BCUT2D eigenvalue weighted by Gasteiger charge is 2.31. The fourth-order valence-electron chi connectivity index (χ4n) is 3.54. The van der Waals surface area contributed by atoms with Crippen LogP contribution in [0.3, 0.4) is 0 Å². The number of imidazole rings is 1. The molecule has 4 aromatic rings. The van der Waals surface area contributed by atoms with Gasteiger partial charge in [0.05, 0.1) is 26.0 Å². The highest BCUT2D eigenvalue weighted by molar-refractivity contribution is 5.97. The molecule has 2 amide bonds. The van der Waals surface area contributed by atoms with E-state index in [1.165, 1.54) is 23.7 Å². The fraction of sp³-hybridized carbons (Fsp3) is 0.208. The van der Waals surface area contributed by atoms with E-state index in [2.05, 4.69) is 30.4 Å². The topological polar surface area (TPSA) is 120 Å². The van der Waals surface area contributed by atoms with Crippen molar-refractivity contribution < 1.29 is 38.0 Å². The van der Waals surface area contributed by atoms with Crippen LogP contribution in [0.4, 0.5) is 23.4 Å². The lowest BCUT2D eigenvalue weighted by Gasteiger charge is -2.14. The minimum absolute atomic E-state index is 0.114. The number of carbonyl (C=O) groups is 2. The number of benzene rings is 1. The standard InChI is InChI=1S/C24H20F4N6O4/c1-12-16(19-6-7-21-32-20(31-13(2)35)11-34(21)33-19)9-17(23(30-12)37-3)22(36)29-10-14-8-15(4-5-18(14)25)38-24(26,27)28/h4-9,11H,10H2,1-3H3,(H,29,36)(H,31,35)/i3D. The van der Waals surface area contributed by atoms with Crippen LogP contribution < -0.4 is 20.1 Å². The molecule has 4 rings (SSSR count). The Kier molecular flexibility index (Phi) is 6.77. The first-order valence-corrected chi connectivity index (χ1v) is 10.8. The number of alkyl halides is 3. The first kappa shape index (κ1) is 24.9. The third-order valence-corrected chi connectivity index (χ3v) is 5.15. The number of halogens is 4. The zero-order valence-corrected chi connectivity index (χ0v) is 19.9. The molecule has 1 aromatic carbocycles. The predicted molar refractivity (Wildman–Crippen MR) is 126 cm³/mol. The van der Waals surface area contributed by atoms with Gasteiger partial charge in [0.25, 0.3) is 5.91 Å². The minimum Gasteiger partial charge on any atom is -0.480 e. The van der Waals surface area contributed by atoms with Crippen molar-refractivity contribution in [1.82, 2.24) is 24.9 Å². The van der Waals surface area contributed by atoms with Crippen LogP contribution in [0.2, 0.25) is 0 Å². The average molecular weight is 533 g/mol. The Bertz CT molecular complexity index is 1560. The van der Waals surface area contributed by atoms with Gasteiger partial charge in [-0.1, -0.05) is 0 Å². The summed E-state index contributed by atoms with van der Waals surface area (Å²) in [5.41, 5.74) is 1.29. The normalized spacial score (nSPS) is 11.7. The lowest BCUT2D eigenvalue weighted by Crippen LogP contribution is -2.24. The number of nitrogens with one attached hydrogen (secondary N) is 2. The lowest BCUT2D eigenvalue weighted by atomic mass is 10.1. The van der Waals surface area contributed by atoms with Crippen LogP contribution in [0.25, 0.3) is 16.9 Å². The summed E-state index contributed by atoms with van der Waals surface area (Å²) < 4.78 is 69.6. The van der Waals surface area contributed by atoms with E-state index in [9.17, 15) is 27.2 Å². The molecule has 0 saturated heterocycles. The Hall–Kier alpha value is -4.75. The van der Waals surface area contributed by atoms with Crippen LogP contribution in [0.5, 0.6) is 11.6 Å². The van der Waals surface area contributed by atoms with E-state index >= 15 is 0 Å². The zero-order chi connectivity index (χ0) is 28.3. The van der Waals surface area contributed by atoms with Gasteiger partial charge in [-0.3, -0.25) is 9.59 Å². The second-order valence-electron chi connectivity index (χ2n) is 7.93. The number of hydrogen-bond donors (Lipinski definition) is 2. The third kappa shape index (κ3) is 5.96. The number of pyridine rings is 1. The lowest BCUT2D eigenvalue weighted by molar-refractivity contribution is -0.274. The number of methoxy groups -OCH3 is 1. The Morgan fingerprint density at radius 1 is 1.16 bits per heavy atom. The molecule has 0 fully saturated rings. The van der Waals surface area contributed by atoms with E-state index in [4.69, 9.17) is 6.11 Å². The molecule has 0 bridgehead atoms. The van der Waals surface area contributed by atoms with Gasteiger partial charge in [0, 0.05) is 24.6 Å². The highest BCUT2D eigenvalue weighted by Crippen LogP contribution is 2.28. The van der Waals surface area contributed by atoms with Crippen molar-refractivity contribution in [2.45, 2.75) is 26.8 Å². The molecule has 0 aliphatic heterocycles. The van der Waals surface area contributed by atoms with Crippen molar-refractivity contribution >= 4 is 23.3 Å². The number of anilines is 1. The number of ether oxygens (including phenoxy) is 2. The van der Waals surface area contributed by atoms with Crippen LogP contribution in [-0.2, 0) is 11.3 Å². The average Bonchev–Trinajstić information content (AvgIpc) is 3.24. The van der Waals surface area contributed by atoms with Crippen molar-refractivity contribution in [2.24, 2.45) is 0 Å². The van der Waals surface area contributed by atoms with Gasteiger partial charge in [-0.2, -0.15) is 5.10 Å². The number of nitrogens with zero attached hydrogens (tertiary/aromatic N) is 4. The zero-order valence-electron chi connectivity index (χ0n) is 20.9. The summed E-state index contributed by atoms with van der Waals surface area (Å²) in [5.74, 6) is -2.47. The van der Waals surface area contributed by atoms with E-state index in [1.807, 2.05) is 0 Å². The van der Waals surface area contributed by atoms with Crippen molar-refractivity contribution in [3.63, 3.8) is 0 Å². The van der Waals surface area contributed by atoms with Crippen LogP contribution in [0, 0.1) is 12.7 Å². The molecule has 0 saturated carbocycles. The molecular weight excluding hydrogens is 512 g/mol. The molecule has 3 heterocycles. The molecule has 0 aliphatic carbocycles. The Morgan fingerprint density at radius 3 is 2.66 bits per heavy atom. The van der Waals surface area contributed by atoms with Crippen LogP contribution >= 0.6 is 0 Å². The maximum absolute atomic E-state index is 14.2. The minimum atomic E-state index is -4.97. The maximum atomic E-state index is 14.2. The summed E-state index contributed by atoms with van der Waals surface area (Å²) in [6.45, 7) is 2.50. The summed E-state index contributed by atoms with van der Waals surface area (Å²) in [7, 11) is -0.553. The SMILES string of the molecule is [2H]COc1nc(C)c(-c2ccc3nc(NC(C)=O)cn3n2)cc1C(=O)NCc1cc(OC(F)(F)F)ccc1F. The summed E-state index contributed by atoms with van der Waals surface area (Å²) in [6.07, 6.45) is -3.47. The molecule has 14 heteroatoms. The van der Waals surface area contributed by atoms with Gasteiger partial charge in [0.2, 0.25) is 11.8 Å². The highest BCUT2D eigenvalue weighted by atomic mass is 19.4. The van der Waals surface area contributed by atoms with Gasteiger partial charge in [-0.05, 0) is 43.3 Å². The molecule has 10 nitrogen and oxygen atoms in total. The molecule has 0 spiro atoms. The summed E-state index contributed by atoms with van der Waals surface area (Å²) in [6, 6.07) is 7.11. The van der Waals surface area contributed by atoms with Gasteiger partial charge in [0.15, 0.2) is 11.5 Å². The predicted octanol–water partition coefficient (Wildman–Crippen LogP) is 4.03. The monoisotopic (exact) mass is 533 g/mol. The number of hydrogen-bond acceptors (Lipinski definition) is 7. The van der Waals surface area contributed by atoms with Crippen LogP contribution in [0.1, 0.15) is 29.9 Å². The maximum Gasteiger partial charge on any atom is 0.573 e. The second-order valence-corrected chi connectivity index (χ2v) is 7.93. The fourth-order valence-corrected chi connectivity index (χ4v) is 3.54. The van der Waals surface area contributed by atoms with Gasteiger partial charge in [0.1, 0.15) is 17.1 Å². The molecule has 0 aliphatic rings. The van der Waals surface area contributed by atoms with Crippen molar-refractivity contribution in [1.29, 1.82) is 0 Å². The first-order chi connectivity index (χ1) is 18.4. The molecule has 0 unspecified atom stereocenters. The Labute approximate surface area is 214 Å². The molecule has 38 heavy (non-hydrogen) atoms. The van der Waals surface area contributed by atoms with Crippen molar-refractivity contribution in [3.8, 4) is 22.9 Å². The number of amides is 2. The largest absolute Gasteiger partial charge is 0.573 e. The number of fused-ring (bicyclic) bond motifs is 1. The smallest absolute Gasteiger partial charge is 0.480 e. The third-order valence-electron chi connectivity index (χ3n) is 5.15. The van der Waals surface area contributed by atoms with Gasteiger partial charge < -0.3 is 20.1 Å². The summed E-state index contributed by atoms with van der Waals surface area (Å²) in [4.78, 5) is 32.9. The van der Waals surface area contributed by atoms with Gasteiger partial charge >= 0.3 is 6.36 Å². The number of aromatic nitrogens is 4. The Balaban J connectivity index is 1.63. The van der Waals surface area contributed by atoms with Gasteiger partial charge in [-0.25, -0.2) is 18.9 Å². The van der Waals surface area contributed by atoms with Crippen LogP contribution in [0.15, 0.2) is 42.6 Å². The number of rotatable bonds is 7. The van der Waals surface area contributed by atoms with E-state index in [1.54, 1.807) is 19.1 Å². The molecule has 3 aromatic heterocycles. The second kappa shape index (κ2) is 10.3. The molecule has 0 radical (unpaired) electrons. The quantitative estimate of drug-likeness (QED) is 0.344.